The quantitative estimate of drug-likeness (QED) is 0.509. The number of anilines is 1. The Hall–Kier alpha value is -2.91. The van der Waals surface area contributed by atoms with Gasteiger partial charge < -0.3 is 10.2 Å². The molecule has 2 N–H and O–H groups in total. The van der Waals surface area contributed by atoms with E-state index in [1.54, 1.807) is 16.3 Å². The molecule has 2 atom stereocenters. The van der Waals surface area contributed by atoms with E-state index < -0.39 is 0 Å². The third-order valence-electron chi connectivity index (χ3n) is 6.39. The van der Waals surface area contributed by atoms with Crippen LogP contribution in [0.5, 0.6) is 0 Å². The molecule has 4 aromatic rings. The van der Waals surface area contributed by atoms with Crippen LogP contribution < -0.4 is 15.8 Å². The van der Waals surface area contributed by atoms with Gasteiger partial charge in [-0.05, 0) is 25.0 Å². The molecule has 10 heteroatoms. The fraction of sp³-hybridized carbons (Fsp3) is 0.400. The molecule has 2 saturated heterocycles. The Morgan fingerprint density at radius 3 is 2.70 bits per heavy atom. The van der Waals surface area contributed by atoms with Gasteiger partial charge in [0, 0.05) is 56.4 Å². The molecule has 0 saturated carbocycles. The van der Waals surface area contributed by atoms with E-state index in [1.165, 1.54) is 0 Å². The zero-order chi connectivity index (χ0) is 20.6. The summed E-state index contributed by atoms with van der Waals surface area (Å²) < 4.78 is 3.37. The molecule has 0 spiro atoms. The van der Waals surface area contributed by atoms with E-state index in [2.05, 4.69) is 25.5 Å². The molecule has 30 heavy (non-hydrogen) atoms. The van der Waals surface area contributed by atoms with Crippen molar-refractivity contribution < 1.29 is 0 Å². The molecule has 2 fully saturated rings. The lowest BCUT2D eigenvalue weighted by molar-refractivity contribution is 0.470. The molecule has 2 bridgehead atoms. The van der Waals surface area contributed by atoms with Crippen molar-refractivity contribution in [3.8, 4) is 11.3 Å². The lowest BCUT2D eigenvalue weighted by atomic mass is 10.1. The van der Waals surface area contributed by atoms with Crippen LogP contribution in [-0.2, 0) is 14.1 Å². The summed E-state index contributed by atoms with van der Waals surface area (Å²) in [5.41, 5.74) is 2.40. The number of aryl methyl sites for hydroxylation is 1. The van der Waals surface area contributed by atoms with Crippen molar-refractivity contribution in [2.45, 2.75) is 24.9 Å². The molecule has 5 heterocycles. The predicted molar refractivity (Wildman–Crippen MR) is 116 cm³/mol. The topological polar surface area (TPSA) is 96.7 Å². The monoisotopic (exact) mass is 424 g/mol. The summed E-state index contributed by atoms with van der Waals surface area (Å²) in [6.07, 6.45) is 4.09. The molecular formula is C20H21ClN8O. The Morgan fingerprint density at radius 1 is 1.17 bits per heavy atom. The van der Waals surface area contributed by atoms with Crippen LogP contribution in [-0.4, -0.2) is 54.7 Å². The number of benzene rings is 1. The van der Waals surface area contributed by atoms with Crippen molar-refractivity contribution in [1.29, 1.82) is 0 Å². The van der Waals surface area contributed by atoms with Gasteiger partial charge in [-0.1, -0.05) is 11.6 Å². The van der Waals surface area contributed by atoms with E-state index >= 15 is 0 Å². The molecule has 3 aromatic heterocycles. The van der Waals surface area contributed by atoms with Crippen molar-refractivity contribution in [3.05, 3.63) is 33.7 Å². The molecule has 0 aliphatic carbocycles. The van der Waals surface area contributed by atoms with Gasteiger partial charge in [-0.3, -0.25) is 19.1 Å². The van der Waals surface area contributed by atoms with E-state index in [0.717, 1.165) is 36.8 Å². The third-order valence-corrected chi connectivity index (χ3v) is 6.80. The average Bonchev–Trinajstić information content (AvgIpc) is 3.38. The highest BCUT2D eigenvalue weighted by atomic mass is 35.5. The molecule has 154 valence electrons. The normalized spacial score (nSPS) is 21.2. The summed E-state index contributed by atoms with van der Waals surface area (Å²) in [6.45, 7) is 1.83. The summed E-state index contributed by atoms with van der Waals surface area (Å²) in [5, 5.41) is 17.1. The summed E-state index contributed by atoms with van der Waals surface area (Å²) in [7, 11) is 3.64. The van der Waals surface area contributed by atoms with Gasteiger partial charge in [0.05, 0.1) is 16.2 Å². The van der Waals surface area contributed by atoms with Crippen LogP contribution >= 0.6 is 11.6 Å². The van der Waals surface area contributed by atoms with Crippen LogP contribution in [0.3, 0.4) is 0 Å². The Bertz CT molecular complexity index is 1350. The number of nitrogens with zero attached hydrogens (tertiary/aromatic N) is 6. The number of aromatic nitrogens is 6. The highest BCUT2D eigenvalue weighted by Gasteiger charge is 2.39. The van der Waals surface area contributed by atoms with Gasteiger partial charge in [-0.2, -0.15) is 15.2 Å². The Morgan fingerprint density at radius 2 is 1.93 bits per heavy atom. The summed E-state index contributed by atoms with van der Waals surface area (Å²) in [4.78, 5) is 20.5. The van der Waals surface area contributed by atoms with Gasteiger partial charge in [0.25, 0.3) is 5.56 Å². The zero-order valence-corrected chi connectivity index (χ0v) is 17.4. The lowest BCUT2D eigenvalue weighted by Gasteiger charge is -2.36. The van der Waals surface area contributed by atoms with E-state index in [0.29, 0.717) is 45.3 Å². The first-order valence-electron chi connectivity index (χ1n) is 10.1. The third kappa shape index (κ3) is 2.39. The van der Waals surface area contributed by atoms with Crippen LogP contribution in [0.25, 0.3) is 33.2 Å². The zero-order valence-electron chi connectivity index (χ0n) is 16.7. The predicted octanol–water partition coefficient (Wildman–Crippen LogP) is 1.80. The van der Waals surface area contributed by atoms with Crippen LogP contribution in [0.2, 0.25) is 5.02 Å². The molecule has 6 rings (SSSR count). The Kier molecular flexibility index (Phi) is 3.76. The SMILES string of the molecule is Cn1cc2c(Cl)c(-c3[nH]nc4nc(N5C6CCC5CNC6)n(C)c(=O)c34)ccc2n1. The van der Waals surface area contributed by atoms with Gasteiger partial charge in [0.1, 0.15) is 5.39 Å². The first-order valence-corrected chi connectivity index (χ1v) is 10.5. The highest BCUT2D eigenvalue weighted by molar-refractivity contribution is 6.38. The van der Waals surface area contributed by atoms with E-state index in [9.17, 15) is 4.79 Å². The number of nitrogens with one attached hydrogen (secondary N) is 2. The summed E-state index contributed by atoms with van der Waals surface area (Å²) >= 11 is 6.69. The molecule has 2 aliphatic heterocycles. The molecular weight excluding hydrogens is 404 g/mol. The number of H-pyrrole nitrogens is 1. The fourth-order valence-electron chi connectivity index (χ4n) is 4.95. The van der Waals surface area contributed by atoms with Crippen molar-refractivity contribution in [1.82, 2.24) is 34.8 Å². The standard InChI is InChI=1S/C20H21ClN8O/c1-27-9-13-14(26-27)6-5-12(16(13)21)17-15-18(25-24-17)23-20(28(2)19(15)30)29-10-3-4-11(29)8-22-7-10/h5-6,9-11,22H,3-4,7-8H2,1-2H3,(H,24,25). The van der Waals surface area contributed by atoms with Gasteiger partial charge in [0.2, 0.25) is 5.95 Å². The molecule has 1 aromatic carbocycles. The van der Waals surface area contributed by atoms with Crippen LogP contribution in [0.1, 0.15) is 12.8 Å². The Balaban J connectivity index is 1.54. The maximum atomic E-state index is 13.4. The van der Waals surface area contributed by atoms with Crippen LogP contribution in [0, 0.1) is 0 Å². The molecule has 0 amide bonds. The van der Waals surface area contributed by atoms with E-state index in [4.69, 9.17) is 16.6 Å². The maximum Gasteiger partial charge on any atom is 0.266 e. The number of halogens is 1. The van der Waals surface area contributed by atoms with Gasteiger partial charge >= 0.3 is 0 Å². The number of hydrogen-bond donors (Lipinski definition) is 2. The van der Waals surface area contributed by atoms with Crippen molar-refractivity contribution in [2.24, 2.45) is 14.1 Å². The molecule has 2 unspecified atom stereocenters. The number of piperazine rings is 1. The van der Waals surface area contributed by atoms with Gasteiger partial charge in [0.15, 0.2) is 5.65 Å². The smallest absolute Gasteiger partial charge is 0.266 e. The number of hydrogen-bond acceptors (Lipinski definition) is 6. The van der Waals surface area contributed by atoms with Crippen LogP contribution in [0.4, 0.5) is 5.95 Å². The average molecular weight is 425 g/mol. The van der Waals surface area contributed by atoms with Gasteiger partial charge in [-0.15, -0.1) is 0 Å². The number of fused-ring (bicyclic) bond motifs is 4. The minimum atomic E-state index is -0.126. The Labute approximate surface area is 176 Å². The fourth-order valence-corrected chi connectivity index (χ4v) is 5.25. The molecule has 0 radical (unpaired) electrons. The van der Waals surface area contributed by atoms with Crippen molar-refractivity contribution >= 4 is 39.5 Å². The highest BCUT2D eigenvalue weighted by Crippen LogP contribution is 2.36. The van der Waals surface area contributed by atoms with E-state index in [-0.39, 0.29) is 5.56 Å². The van der Waals surface area contributed by atoms with Crippen LogP contribution in [0.15, 0.2) is 23.1 Å². The largest absolute Gasteiger partial charge is 0.334 e. The maximum absolute atomic E-state index is 13.4. The van der Waals surface area contributed by atoms with E-state index in [1.807, 2.05) is 25.4 Å². The number of aromatic amines is 1. The van der Waals surface area contributed by atoms with Crippen molar-refractivity contribution in [2.75, 3.05) is 18.0 Å². The minimum Gasteiger partial charge on any atom is -0.334 e. The second kappa shape index (κ2) is 6.29. The summed E-state index contributed by atoms with van der Waals surface area (Å²) in [5.74, 6) is 0.688. The molecule has 9 nitrogen and oxygen atoms in total. The lowest BCUT2D eigenvalue weighted by Crippen LogP contribution is -2.53. The first kappa shape index (κ1) is 17.9. The first-order chi connectivity index (χ1) is 14.5. The summed E-state index contributed by atoms with van der Waals surface area (Å²) in [6, 6.07) is 4.49. The molecule has 2 aliphatic rings. The minimum absolute atomic E-state index is 0.126. The number of rotatable bonds is 2. The second-order valence-corrected chi connectivity index (χ2v) is 8.56. The van der Waals surface area contributed by atoms with Crippen molar-refractivity contribution in [3.63, 3.8) is 0 Å². The van der Waals surface area contributed by atoms with Gasteiger partial charge in [-0.25, -0.2) is 0 Å². The second-order valence-electron chi connectivity index (χ2n) is 8.19.